The number of rotatable bonds is 14. The predicted octanol–water partition coefficient (Wildman–Crippen LogP) is 5.83. The van der Waals surface area contributed by atoms with Crippen molar-refractivity contribution in [1.82, 2.24) is 0 Å². The van der Waals surface area contributed by atoms with Crippen LogP contribution in [0.4, 0.5) is 0 Å². The summed E-state index contributed by atoms with van der Waals surface area (Å²) in [5.41, 5.74) is 3.65. The molecule has 2 N–H and O–H groups in total. The van der Waals surface area contributed by atoms with E-state index in [4.69, 9.17) is 41.6 Å². The maximum atomic E-state index is 12.8. The van der Waals surface area contributed by atoms with E-state index in [1.54, 1.807) is 41.9 Å². The van der Waals surface area contributed by atoms with Gasteiger partial charge in [0, 0.05) is 19.3 Å². The van der Waals surface area contributed by atoms with Crippen molar-refractivity contribution in [1.29, 1.82) is 0 Å². The molecule has 298 valence electrons. The molecular weight excluding hydrogens is 712 g/mol. The third kappa shape index (κ3) is 13.2. The molecule has 0 saturated carbocycles. The number of fused-ring (bicyclic) bond motifs is 1. The second-order valence-electron chi connectivity index (χ2n) is 13.0. The molecule has 0 aliphatic heterocycles. The molecule has 0 amide bonds. The van der Waals surface area contributed by atoms with Gasteiger partial charge in [-0.25, -0.2) is 0 Å². The zero-order valence-electron chi connectivity index (χ0n) is 33.4. The Balaban J connectivity index is 0.000000344. The number of hydrogen-bond donors (Lipinski definition) is 2. The number of aliphatic hydroxyl groups excluding tert-OH is 2. The summed E-state index contributed by atoms with van der Waals surface area (Å²) in [6.07, 6.45) is 12.7. The fourth-order valence-electron chi connectivity index (χ4n) is 5.95. The summed E-state index contributed by atoms with van der Waals surface area (Å²) < 4.78 is 25.6. The van der Waals surface area contributed by atoms with E-state index in [2.05, 4.69) is 23.7 Å². The summed E-state index contributed by atoms with van der Waals surface area (Å²) in [5.74, 6) is 10.5. The molecule has 56 heavy (non-hydrogen) atoms. The molecule has 0 spiro atoms. The Morgan fingerprint density at radius 2 is 1.18 bits per heavy atom. The first-order chi connectivity index (χ1) is 26.9. The number of methoxy groups -OCH3 is 2. The van der Waals surface area contributed by atoms with Gasteiger partial charge in [-0.15, -0.1) is 24.7 Å². The molecule has 0 fully saturated rings. The Morgan fingerprint density at radius 1 is 0.714 bits per heavy atom. The van der Waals surface area contributed by atoms with Gasteiger partial charge in [-0.1, -0.05) is 48.2 Å². The topological polar surface area (TPSA) is 138 Å². The Morgan fingerprint density at radius 3 is 1.59 bits per heavy atom. The van der Waals surface area contributed by atoms with Crippen molar-refractivity contribution in [3.63, 3.8) is 0 Å². The minimum Gasteiger partial charge on any atom is -0.497 e. The zero-order chi connectivity index (χ0) is 41.6. The van der Waals surface area contributed by atoms with Crippen LogP contribution in [0.5, 0.6) is 11.5 Å². The molecule has 4 rings (SSSR count). The summed E-state index contributed by atoms with van der Waals surface area (Å²) in [5, 5.41) is 18.4. The molecule has 3 aromatic rings. The van der Waals surface area contributed by atoms with Gasteiger partial charge in [0.15, 0.2) is 5.41 Å². The van der Waals surface area contributed by atoms with E-state index < -0.39 is 22.8 Å². The van der Waals surface area contributed by atoms with Crippen molar-refractivity contribution in [3.8, 4) is 48.0 Å². The molecule has 0 atom stereocenters. The van der Waals surface area contributed by atoms with Crippen molar-refractivity contribution < 1.29 is 48.3 Å². The highest BCUT2D eigenvalue weighted by atomic mass is 16.6. The van der Waals surface area contributed by atoms with Crippen molar-refractivity contribution >= 4 is 17.9 Å². The lowest BCUT2D eigenvalue weighted by molar-refractivity contribution is -0.171. The van der Waals surface area contributed by atoms with E-state index in [0.29, 0.717) is 32.3 Å². The Labute approximate surface area is 331 Å². The van der Waals surface area contributed by atoms with E-state index in [0.717, 1.165) is 44.9 Å². The van der Waals surface area contributed by atoms with Gasteiger partial charge >= 0.3 is 17.9 Å². The van der Waals surface area contributed by atoms with Crippen LogP contribution in [0.2, 0.25) is 0 Å². The van der Waals surface area contributed by atoms with Gasteiger partial charge in [0.25, 0.3) is 0 Å². The average Bonchev–Trinajstić information content (AvgIpc) is 3.59. The highest BCUT2D eigenvalue weighted by Crippen LogP contribution is 2.41. The summed E-state index contributed by atoms with van der Waals surface area (Å²) in [4.78, 5) is 36.9. The van der Waals surface area contributed by atoms with E-state index in [-0.39, 0.29) is 45.2 Å². The summed E-state index contributed by atoms with van der Waals surface area (Å²) in [7, 11) is 3.26. The van der Waals surface area contributed by atoms with E-state index >= 15 is 0 Å². The Bertz CT molecular complexity index is 1830. The first-order valence-corrected chi connectivity index (χ1v) is 18.4. The molecule has 0 saturated heterocycles. The van der Waals surface area contributed by atoms with Gasteiger partial charge in [-0.3, -0.25) is 14.4 Å². The minimum absolute atomic E-state index is 0.0733. The van der Waals surface area contributed by atoms with Crippen molar-refractivity contribution in [2.75, 3.05) is 40.6 Å². The van der Waals surface area contributed by atoms with Crippen molar-refractivity contribution in [3.05, 3.63) is 94.0 Å². The fraction of sp³-hybridized carbons (Fsp3) is 0.413. The van der Waals surface area contributed by atoms with Crippen LogP contribution in [0.3, 0.4) is 0 Å². The number of aliphatic hydroxyl groups is 2. The number of ether oxygens (including phenoxy) is 5. The number of terminal acetylenes is 2. The van der Waals surface area contributed by atoms with Crippen LogP contribution in [0.15, 0.2) is 60.7 Å². The third-order valence-corrected chi connectivity index (χ3v) is 8.97. The first-order valence-electron chi connectivity index (χ1n) is 18.4. The summed E-state index contributed by atoms with van der Waals surface area (Å²) in [6, 6.07) is 19.4. The highest BCUT2D eigenvalue weighted by molar-refractivity contribution is 6.01. The molecule has 1 aliphatic carbocycles. The molecule has 0 heterocycles. The van der Waals surface area contributed by atoms with Crippen molar-refractivity contribution in [2.45, 2.75) is 72.8 Å². The molecule has 1 aliphatic rings. The lowest BCUT2D eigenvalue weighted by atomic mass is 9.84. The molecule has 10 heteroatoms. The Hall–Kier alpha value is -5.73. The van der Waals surface area contributed by atoms with Gasteiger partial charge < -0.3 is 33.9 Å². The lowest BCUT2D eigenvalue weighted by Gasteiger charge is -2.23. The highest BCUT2D eigenvalue weighted by Gasteiger charge is 2.53. The molecule has 0 aromatic heterocycles. The number of esters is 3. The SMILES string of the molecule is C#CCC(C)(CC#C)C(=O)OCC.CCOC(=O)C1(C(=O)OCC)Cc2cc(CO)c(Cc3ccc(OC)cc3)cc2C1.COc1ccc(CC#CCO)cc1. The Kier molecular flexibility index (Phi) is 19.8. The standard InChI is InChI=1S/C24H28O6.C11H12O2.C11H14O2/c1-4-29-22(26)24(23(27)30-5-2)13-18-11-17(20(15-25)12-19(18)14-24)10-16-6-8-21(28-3)9-7-16;1-13-11-7-5-10(6-8-11)4-2-3-9-12;1-5-8-11(4,9-6-2)10(12)13-7-3/h6-9,11-12,25H,4-5,10,13-15H2,1-3H3;5-8,12H,4,9H2,1H3;1-2H,7-9H2,3-4H3. The first kappa shape index (κ1) is 46.4. The largest absolute Gasteiger partial charge is 0.497 e. The van der Waals surface area contributed by atoms with Gasteiger partial charge in [-0.05, 0) is 105 Å². The van der Waals surface area contributed by atoms with Gasteiger partial charge in [0.1, 0.15) is 18.1 Å². The molecule has 3 aromatic carbocycles. The third-order valence-electron chi connectivity index (χ3n) is 8.97. The van der Waals surface area contributed by atoms with Crippen LogP contribution >= 0.6 is 0 Å². The summed E-state index contributed by atoms with van der Waals surface area (Å²) in [6.45, 7) is 7.46. The zero-order valence-corrected chi connectivity index (χ0v) is 33.4. The van der Waals surface area contributed by atoms with Crippen LogP contribution in [0.25, 0.3) is 0 Å². The second kappa shape index (κ2) is 23.9. The number of hydrogen-bond acceptors (Lipinski definition) is 10. The molecule has 0 unspecified atom stereocenters. The fourth-order valence-corrected chi connectivity index (χ4v) is 5.95. The van der Waals surface area contributed by atoms with Crippen LogP contribution in [0, 0.1) is 47.4 Å². The average molecular weight is 767 g/mol. The minimum atomic E-state index is -1.36. The van der Waals surface area contributed by atoms with Gasteiger partial charge in [0.2, 0.25) is 0 Å². The van der Waals surface area contributed by atoms with Gasteiger partial charge in [0.05, 0.1) is 46.1 Å². The van der Waals surface area contributed by atoms with Crippen LogP contribution < -0.4 is 9.47 Å². The van der Waals surface area contributed by atoms with Crippen LogP contribution in [-0.2, 0) is 60.9 Å². The van der Waals surface area contributed by atoms with Crippen molar-refractivity contribution in [2.24, 2.45) is 10.8 Å². The van der Waals surface area contributed by atoms with Crippen LogP contribution in [0.1, 0.15) is 73.9 Å². The van der Waals surface area contributed by atoms with E-state index in [9.17, 15) is 19.5 Å². The molecule has 0 bridgehead atoms. The second-order valence-corrected chi connectivity index (χ2v) is 13.0. The summed E-state index contributed by atoms with van der Waals surface area (Å²) >= 11 is 0. The maximum Gasteiger partial charge on any atom is 0.324 e. The molecule has 0 radical (unpaired) electrons. The van der Waals surface area contributed by atoms with E-state index in [1.807, 2.05) is 60.7 Å². The monoisotopic (exact) mass is 766 g/mol. The van der Waals surface area contributed by atoms with Gasteiger partial charge in [-0.2, -0.15) is 0 Å². The maximum absolute atomic E-state index is 12.8. The number of carbonyl (C=O) groups is 3. The number of benzene rings is 3. The smallest absolute Gasteiger partial charge is 0.324 e. The lowest BCUT2D eigenvalue weighted by Crippen LogP contribution is -2.43. The quantitative estimate of drug-likeness (QED) is 0.0894. The molecular formula is C46H54O10. The predicted molar refractivity (Wildman–Crippen MR) is 214 cm³/mol. The molecule has 10 nitrogen and oxygen atoms in total. The van der Waals surface area contributed by atoms with Crippen LogP contribution in [-0.4, -0.2) is 68.8 Å². The van der Waals surface area contributed by atoms with E-state index in [1.165, 1.54) is 0 Å². The normalized spacial score (nSPS) is 11.9. The number of carbonyl (C=O) groups excluding carboxylic acids is 3.